The third kappa shape index (κ3) is 3.91. The number of benzene rings is 1. The fraction of sp³-hybridized carbons (Fsp3) is 0.667. The van der Waals surface area contributed by atoms with Gasteiger partial charge in [0.25, 0.3) is 0 Å². The molecule has 126 valence electrons. The minimum atomic E-state index is -1.81. The molecule has 0 aliphatic carbocycles. The predicted octanol–water partition coefficient (Wildman–Crippen LogP) is 4.14. The van der Waals surface area contributed by atoms with E-state index in [-0.39, 0.29) is 0 Å². The Morgan fingerprint density at radius 2 is 1.05 bits per heavy atom. The van der Waals surface area contributed by atoms with Gasteiger partial charge in [0, 0.05) is 13.2 Å². The summed E-state index contributed by atoms with van der Waals surface area (Å²) in [5.41, 5.74) is 0. The normalized spacial score (nSPS) is 12.6. The van der Waals surface area contributed by atoms with Crippen LogP contribution in [0.5, 0.6) is 0 Å². The summed E-state index contributed by atoms with van der Waals surface area (Å²) >= 11 is 0. The van der Waals surface area contributed by atoms with Crippen LogP contribution in [0.2, 0.25) is 24.2 Å². The molecule has 0 fully saturated rings. The van der Waals surface area contributed by atoms with Crippen molar-refractivity contribution in [3.05, 3.63) is 24.3 Å². The van der Waals surface area contributed by atoms with Gasteiger partial charge in [0.2, 0.25) is 16.6 Å². The number of hydrogen-bond acceptors (Lipinski definition) is 2. The van der Waals surface area contributed by atoms with Gasteiger partial charge in [-0.25, -0.2) is 0 Å². The summed E-state index contributed by atoms with van der Waals surface area (Å²) in [6.45, 7) is 15.0. The molecule has 0 saturated carbocycles. The first-order chi connectivity index (χ1) is 10.6. The van der Waals surface area contributed by atoms with Crippen molar-refractivity contribution in [2.24, 2.45) is 0 Å². The van der Waals surface area contributed by atoms with E-state index in [9.17, 15) is 0 Å². The van der Waals surface area contributed by atoms with Gasteiger partial charge in [0.1, 0.15) is 0 Å². The van der Waals surface area contributed by atoms with Crippen molar-refractivity contribution >= 4 is 27.0 Å². The molecule has 0 aromatic heterocycles. The van der Waals surface area contributed by atoms with E-state index in [1.54, 1.807) is 0 Å². The first-order valence-corrected chi connectivity index (χ1v) is 13.6. The van der Waals surface area contributed by atoms with Crippen LogP contribution in [0.25, 0.3) is 0 Å². The largest absolute Gasteiger partial charge is 0.413 e. The summed E-state index contributed by atoms with van der Waals surface area (Å²) in [5, 5.41) is 2.91. The fourth-order valence-corrected chi connectivity index (χ4v) is 10.2. The lowest BCUT2D eigenvalue weighted by Crippen LogP contribution is -2.55. The van der Waals surface area contributed by atoms with Crippen LogP contribution in [0.4, 0.5) is 0 Å². The topological polar surface area (TPSA) is 18.5 Å². The lowest BCUT2D eigenvalue weighted by Gasteiger charge is -2.33. The zero-order chi connectivity index (χ0) is 16.6. The molecule has 1 aromatic carbocycles. The highest BCUT2D eigenvalue weighted by molar-refractivity contribution is 6.89. The minimum absolute atomic E-state index is 0.813. The number of rotatable bonds is 10. The molecule has 0 atom stereocenters. The lowest BCUT2D eigenvalue weighted by molar-refractivity contribution is 0.330. The van der Waals surface area contributed by atoms with Crippen LogP contribution in [0.1, 0.15) is 41.5 Å². The van der Waals surface area contributed by atoms with E-state index in [2.05, 4.69) is 65.8 Å². The van der Waals surface area contributed by atoms with Gasteiger partial charge in [-0.1, -0.05) is 52.0 Å². The van der Waals surface area contributed by atoms with Gasteiger partial charge < -0.3 is 8.85 Å². The molecular formula is C18H34O2Si2. The summed E-state index contributed by atoms with van der Waals surface area (Å²) in [6, 6.07) is 13.8. The van der Waals surface area contributed by atoms with Gasteiger partial charge in [-0.15, -0.1) is 0 Å². The van der Waals surface area contributed by atoms with Gasteiger partial charge in [0.15, 0.2) is 0 Å². The van der Waals surface area contributed by atoms with Crippen molar-refractivity contribution in [1.82, 2.24) is 0 Å². The molecule has 4 heteroatoms. The molecule has 2 nitrogen and oxygen atoms in total. The molecule has 0 aliphatic rings. The maximum Gasteiger partial charge on any atom is 0.223 e. The second kappa shape index (κ2) is 9.01. The monoisotopic (exact) mass is 338 g/mol. The number of hydrogen-bond donors (Lipinski definition) is 0. The summed E-state index contributed by atoms with van der Waals surface area (Å²) in [4.78, 5) is 0. The van der Waals surface area contributed by atoms with Gasteiger partial charge in [-0.05, 0) is 48.4 Å². The van der Waals surface area contributed by atoms with E-state index in [1.165, 1.54) is 10.4 Å². The summed E-state index contributed by atoms with van der Waals surface area (Å²) < 4.78 is 12.6. The quantitative estimate of drug-likeness (QED) is 0.597. The van der Waals surface area contributed by atoms with Crippen LogP contribution in [-0.4, -0.2) is 29.8 Å². The molecule has 0 spiro atoms. The van der Waals surface area contributed by atoms with Crippen LogP contribution in [0, 0.1) is 0 Å². The second-order valence-corrected chi connectivity index (χ2v) is 14.4. The van der Waals surface area contributed by atoms with Gasteiger partial charge in [-0.3, -0.25) is 0 Å². The van der Waals surface area contributed by atoms with E-state index in [1.807, 2.05) is 0 Å². The highest BCUT2D eigenvalue weighted by Crippen LogP contribution is 2.20. The van der Waals surface area contributed by atoms with Crippen molar-refractivity contribution in [3.8, 4) is 0 Å². The van der Waals surface area contributed by atoms with Crippen molar-refractivity contribution in [2.45, 2.75) is 65.7 Å². The third-order valence-electron chi connectivity index (χ3n) is 5.04. The predicted molar refractivity (Wildman–Crippen MR) is 102 cm³/mol. The molecule has 0 heterocycles. The maximum absolute atomic E-state index is 6.32. The van der Waals surface area contributed by atoms with Crippen LogP contribution < -0.4 is 10.4 Å². The third-order valence-corrected chi connectivity index (χ3v) is 14.0. The molecular weight excluding hydrogens is 304 g/mol. The average Bonchev–Trinajstić information content (AvgIpc) is 2.58. The Bertz CT molecular complexity index is 403. The molecule has 0 radical (unpaired) electrons. The van der Waals surface area contributed by atoms with Gasteiger partial charge in [0.05, 0.1) is 0 Å². The van der Waals surface area contributed by atoms with E-state index in [0.29, 0.717) is 0 Å². The molecule has 0 unspecified atom stereocenters. The van der Waals surface area contributed by atoms with E-state index < -0.39 is 16.6 Å². The average molecular weight is 339 g/mol. The summed E-state index contributed by atoms with van der Waals surface area (Å²) in [5.74, 6) is 0. The van der Waals surface area contributed by atoms with Gasteiger partial charge >= 0.3 is 0 Å². The second-order valence-electron chi connectivity index (χ2n) is 5.85. The maximum atomic E-state index is 6.32. The smallest absolute Gasteiger partial charge is 0.223 e. The Labute approximate surface area is 139 Å². The standard InChI is InChI=1S/C18H34O2Si2/c1-7-19-21(9-3,10-4)17-14-13-15-18(16-17)22(11-5,12-6)20-8-2/h13-16H,7-12H2,1-6H3. The van der Waals surface area contributed by atoms with E-state index in [0.717, 1.165) is 37.4 Å². The molecule has 0 amide bonds. The molecule has 22 heavy (non-hydrogen) atoms. The zero-order valence-corrected chi connectivity index (χ0v) is 17.4. The lowest BCUT2D eigenvalue weighted by atomic mass is 10.4. The first-order valence-electron chi connectivity index (χ1n) is 8.96. The highest BCUT2D eigenvalue weighted by atomic mass is 28.4. The molecule has 1 aromatic rings. The van der Waals surface area contributed by atoms with Crippen LogP contribution >= 0.6 is 0 Å². The van der Waals surface area contributed by atoms with Crippen LogP contribution in [0.15, 0.2) is 24.3 Å². The Morgan fingerprint density at radius 3 is 1.32 bits per heavy atom. The van der Waals surface area contributed by atoms with E-state index in [4.69, 9.17) is 8.85 Å². The summed E-state index contributed by atoms with van der Waals surface area (Å²) in [7, 11) is -3.62. The highest BCUT2D eigenvalue weighted by Gasteiger charge is 2.37. The van der Waals surface area contributed by atoms with Gasteiger partial charge in [-0.2, -0.15) is 0 Å². The zero-order valence-electron chi connectivity index (χ0n) is 15.4. The fourth-order valence-electron chi connectivity index (χ4n) is 3.53. The molecule has 0 bridgehead atoms. The minimum Gasteiger partial charge on any atom is -0.413 e. The van der Waals surface area contributed by atoms with Crippen molar-refractivity contribution in [3.63, 3.8) is 0 Å². The Kier molecular flexibility index (Phi) is 8.04. The summed E-state index contributed by atoms with van der Waals surface area (Å²) in [6.07, 6.45) is 0. The molecule has 1 rings (SSSR count). The molecule has 0 aliphatic heterocycles. The Morgan fingerprint density at radius 1 is 0.682 bits per heavy atom. The molecule has 0 saturated heterocycles. The first kappa shape index (κ1) is 19.6. The Hall–Kier alpha value is -0.426. The molecule has 0 N–H and O–H groups in total. The SMILES string of the molecule is CCO[Si](CC)(CC)c1cccc([Si](CC)(CC)OCC)c1. The van der Waals surface area contributed by atoms with Crippen molar-refractivity contribution in [2.75, 3.05) is 13.2 Å². The van der Waals surface area contributed by atoms with Crippen LogP contribution in [0.3, 0.4) is 0 Å². The Balaban J connectivity index is 3.32. The van der Waals surface area contributed by atoms with Crippen molar-refractivity contribution in [1.29, 1.82) is 0 Å². The van der Waals surface area contributed by atoms with E-state index >= 15 is 0 Å². The van der Waals surface area contributed by atoms with Crippen LogP contribution in [-0.2, 0) is 8.85 Å². The van der Waals surface area contributed by atoms with Crippen molar-refractivity contribution < 1.29 is 8.85 Å².